The Hall–Kier alpha value is -1.47. The lowest BCUT2D eigenvalue weighted by molar-refractivity contribution is -0.384. The molecule has 0 aliphatic carbocycles. The summed E-state index contributed by atoms with van der Waals surface area (Å²) in [5, 5.41) is 14.2. The van der Waals surface area contributed by atoms with Gasteiger partial charge in [0.05, 0.1) is 11.5 Å². The number of halogens is 1. The predicted molar refractivity (Wildman–Crippen MR) is 79.4 cm³/mol. The third-order valence-corrected chi connectivity index (χ3v) is 2.97. The van der Waals surface area contributed by atoms with Gasteiger partial charge in [0.1, 0.15) is 0 Å². The Labute approximate surface area is 125 Å². The number of hydrogen-bond acceptors (Lipinski definition) is 4. The lowest BCUT2D eigenvalue weighted by Gasteiger charge is -2.07. The topological polar surface area (TPSA) is 81.5 Å². The van der Waals surface area contributed by atoms with Crippen molar-refractivity contribution in [1.82, 2.24) is 5.32 Å². The van der Waals surface area contributed by atoms with E-state index in [2.05, 4.69) is 21.2 Å². The molecule has 0 unspecified atom stereocenters. The van der Waals surface area contributed by atoms with E-state index < -0.39 is 4.92 Å². The maximum atomic E-state index is 11.9. The van der Waals surface area contributed by atoms with Crippen LogP contribution in [0.5, 0.6) is 0 Å². The van der Waals surface area contributed by atoms with E-state index >= 15 is 0 Å². The van der Waals surface area contributed by atoms with Crippen LogP contribution in [0.15, 0.2) is 18.2 Å². The molecule has 1 rings (SSSR count). The molecule has 1 aromatic carbocycles. The summed E-state index contributed by atoms with van der Waals surface area (Å²) in [6.07, 6.45) is 0.701. The molecule has 0 saturated carbocycles. The number of nitro benzene ring substituents is 1. The van der Waals surface area contributed by atoms with Gasteiger partial charge >= 0.3 is 0 Å². The Morgan fingerprint density at radius 2 is 2.20 bits per heavy atom. The van der Waals surface area contributed by atoms with Crippen LogP contribution >= 0.6 is 15.9 Å². The number of benzene rings is 1. The van der Waals surface area contributed by atoms with E-state index in [1.807, 2.05) is 0 Å². The lowest BCUT2D eigenvalue weighted by atomic mass is 10.1. The summed E-state index contributed by atoms with van der Waals surface area (Å²) in [6, 6.07) is 4.26. The summed E-state index contributed by atoms with van der Waals surface area (Å²) in [7, 11) is 0. The minimum atomic E-state index is -0.510. The minimum Gasteiger partial charge on any atom is -0.381 e. The van der Waals surface area contributed by atoms with Crippen molar-refractivity contribution < 1.29 is 14.5 Å². The van der Waals surface area contributed by atoms with Gasteiger partial charge in [-0.2, -0.15) is 0 Å². The summed E-state index contributed by atoms with van der Waals surface area (Å²) in [4.78, 5) is 22.1. The standard InChI is InChI=1S/C13H17BrN2O4/c1-10-3-4-11(16(18)19)9-12(10)13(17)15-6-2-7-20-8-5-14/h3-4,9H,2,5-8H2,1H3,(H,15,17). The van der Waals surface area contributed by atoms with Gasteiger partial charge in [-0.05, 0) is 18.9 Å². The van der Waals surface area contributed by atoms with Crippen molar-refractivity contribution in [2.45, 2.75) is 13.3 Å². The Bertz CT molecular complexity index is 479. The van der Waals surface area contributed by atoms with E-state index in [1.165, 1.54) is 12.1 Å². The highest BCUT2D eigenvalue weighted by Gasteiger charge is 2.14. The molecule has 0 fully saturated rings. The fourth-order valence-electron chi connectivity index (χ4n) is 1.60. The van der Waals surface area contributed by atoms with Crippen molar-refractivity contribution in [3.8, 4) is 0 Å². The molecule has 6 nitrogen and oxygen atoms in total. The van der Waals surface area contributed by atoms with Crippen LogP contribution < -0.4 is 5.32 Å². The minimum absolute atomic E-state index is 0.0820. The van der Waals surface area contributed by atoms with Crippen LogP contribution in [0.25, 0.3) is 0 Å². The summed E-state index contributed by atoms with van der Waals surface area (Å²) < 4.78 is 5.26. The lowest BCUT2D eigenvalue weighted by Crippen LogP contribution is -2.26. The number of amides is 1. The molecular weight excluding hydrogens is 328 g/mol. The molecule has 0 spiro atoms. The van der Waals surface area contributed by atoms with Crippen molar-refractivity contribution >= 4 is 27.5 Å². The van der Waals surface area contributed by atoms with E-state index in [4.69, 9.17) is 4.74 Å². The van der Waals surface area contributed by atoms with Gasteiger partial charge in [-0.15, -0.1) is 0 Å². The van der Waals surface area contributed by atoms with Crippen LogP contribution in [0.1, 0.15) is 22.3 Å². The van der Waals surface area contributed by atoms with Gasteiger partial charge in [-0.25, -0.2) is 0 Å². The van der Waals surface area contributed by atoms with Crippen molar-refractivity contribution in [3.63, 3.8) is 0 Å². The third kappa shape index (κ3) is 5.26. The third-order valence-electron chi connectivity index (χ3n) is 2.65. The Balaban J connectivity index is 2.50. The monoisotopic (exact) mass is 344 g/mol. The zero-order valence-electron chi connectivity index (χ0n) is 11.2. The van der Waals surface area contributed by atoms with Gasteiger partial charge in [0, 0.05) is 36.2 Å². The molecule has 7 heteroatoms. The first-order valence-electron chi connectivity index (χ1n) is 6.23. The molecule has 0 bridgehead atoms. The second-order valence-electron chi connectivity index (χ2n) is 4.17. The molecular formula is C13H17BrN2O4. The van der Waals surface area contributed by atoms with Crippen molar-refractivity contribution in [2.75, 3.05) is 25.1 Å². The highest BCUT2D eigenvalue weighted by atomic mass is 79.9. The molecule has 0 heterocycles. The predicted octanol–water partition coefficient (Wildman–Crippen LogP) is 2.43. The molecule has 0 saturated heterocycles. The number of carbonyl (C=O) groups excluding carboxylic acids is 1. The molecule has 0 aromatic heterocycles. The molecule has 0 radical (unpaired) electrons. The number of ether oxygens (including phenoxy) is 1. The fraction of sp³-hybridized carbons (Fsp3) is 0.462. The number of alkyl halides is 1. The van der Waals surface area contributed by atoms with Crippen LogP contribution in [0.3, 0.4) is 0 Å². The number of carbonyl (C=O) groups is 1. The molecule has 0 aliphatic heterocycles. The molecule has 1 amide bonds. The second-order valence-corrected chi connectivity index (χ2v) is 4.96. The molecule has 20 heavy (non-hydrogen) atoms. The highest BCUT2D eigenvalue weighted by Crippen LogP contribution is 2.17. The van der Waals surface area contributed by atoms with Gasteiger partial charge in [0.15, 0.2) is 0 Å². The van der Waals surface area contributed by atoms with Gasteiger partial charge in [0.25, 0.3) is 11.6 Å². The van der Waals surface area contributed by atoms with Gasteiger partial charge < -0.3 is 10.1 Å². The van der Waals surface area contributed by atoms with Crippen LogP contribution in [0, 0.1) is 17.0 Å². The molecule has 0 aliphatic rings. The number of nitro groups is 1. The summed E-state index contributed by atoms with van der Waals surface area (Å²) in [5.74, 6) is -0.299. The molecule has 1 N–H and O–H groups in total. The molecule has 110 valence electrons. The van der Waals surface area contributed by atoms with E-state index in [1.54, 1.807) is 13.0 Å². The van der Waals surface area contributed by atoms with Gasteiger partial charge in [-0.3, -0.25) is 14.9 Å². The van der Waals surface area contributed by atoms with E-state index in [-0.39, 0.29) is 11.6 Å². The number of rotatable bonds is 8. The number of non-ortho nitro benzene ring substituents is 1. The van der Waals surface area contributed by atoms with Crippen LogP contribution in [0.2, 0.25) is 0 Å². The number of hydrogen-bond donors (Lipinski definition) is 1. The zero-order valence-corrected chi connectivity index (χ0v) is 12.8. The first-order valence-corrected chi connectivity index (χ1v) is 7.35. The van der Waals surface area contributed by atoms with Crippen LogP contribution in [-0.4, -0.2) is 35.9 Å². The molecule has 0 atom stereocenters. The summed E-state index contributed by atoms with van der Waals surface area (Å²) in [6.45, 7) is 3.43. The summed E-state index contributed by atoms with van der Waals surface area (Å²) in [5.41, 5.74) is 0.964. The number of nitrogens with zero attached hydrogens (tertiary/aromatic N) is 1. The van der Waals surface area contributed by atoms with E-state index in [9.17, 15) is 14.9 Å². The largest absolute Gasteiger partial charge is 0.381 e. The average Bonchev–Trinajstić information content (AvgIpc) is 2.42. The second kappa shape index (κ2) is 8.65. The maximum absolute atomic E-state index is 11.9. The van der Waals surface area contributed by atoms with E-state index in [0.29, 0.717) is 37.3 Å². The fourth-order valence-corrected chi connectivity index (χ4v) is 1.83. The quantitative estimate of drug-likeness (QED) is 0.340. The first kappa shape index (κ1) is 16.6. The van der Waals surface area contributed by atoms with Crippen LogP contribution in [-0.2, 0) is 4.74 Å². The maximum Gasteiger partial charge on any atom is 0.270 e. The van der Waals surface area contributed by atoms with Crippen molar-refractivity contribution in [3.05, 3.63) is 39.4 Å². The molecule has 1 aromatic rings. The van der Waals surface area contributed by atoms with Crippen molar-refractivity contribution in [2.24, 2.45) is 0 Å². The van der Waals surface area contributed by atoms with Crippen molar-refractivity contribution in [1.29, 1.82) is 0 Å². The Morgan fingerprint density at radius 1 is 1.45 bits per heavy atom. The zero-order chi connectivity index (χ0) is 15.0. The van der Waals surface area contributed by atoms with Crippen LogP contribution in [0.4, 0.5) is 5.69 Å². The van der Waals surface area contributed by atoms with Gasteiger partial charge in [0.2, 0.25) is 0 Å². The normalized spacial score (nSPS) is 10.3. The number of aryl methyl sites for hydroxylation is 1. The van der Waals surface area contributed by atoms with Gasteiger partial charge in [-0.1, -0.05) is 22.0 Å². The SMILES string of the molecule is Cc1ccc([N+](=O)[O-])cc1C(=O)NCCCOCCBr. The van der Waals surface area contributed by atoms with E-state index in [0.717, 1.165) is 5.33 Å². The smallest absolute Gasteiger partial charge is 0.270 e. The average molecular weight is 345 g/mol. The summed E-state index contributed by atoms with van der Waals surface area (Å²) >= 11 is 3.25. The highest BCUT2D eigenvalue weighted by molar-refractivity contribution is 9.09. The first-order chi connectivity index (χ1) is 9.56. The Morgan fingerprint density at radius 3 is 2.85 bits per heavy atom. The number of nitrogens with one attached hydrogen (secondary N) is 1. The Kier molecular flexibility index (Phi) is 7.17.